The number of halogens is 4. The molecule has 0 radical (unpaired) electrons. The van der Waals surface area contributed by atoms with Crippen molar-refractivity contribution in [2.45, 2.75) is 6.18 Å². The van der Waals surface area contributed by atoms with Crippen molar-refractivity contribution < 1.29 is 35.2 Å². The van der Waals surface area contributed by atoms with Gasteiger partial charge in [-0.25, -0.2) is 17.8 Å². The molecule has 0 unspecified atom stereocenters. The van der Waals surface area contributed by atoms with Gasteiger partial charge in [0, 0.05) is 42.2 Å². The van der Waals surface area contributed by atoms with Crippen molar-refractivity contribution in [3.05, 3.63) is 95.8 Å². The van der Waals surface area contributed by atoms with Gasteiger partial charge in [0.15, 0.2) is 0 Å². The van der Waals surface area contributed by atoms with E-state index in [4.69, 9.17) is 4.42 Å². The van der Waals surface area contributed by atoms with Crippen LogP contribution in [0.2, 0.25) is 0 Å². The van der Waals surface area contributed by atoms with Gasteiger partial charge in [-0.15, -0.1) is 11.3 Å². The van der Waals surface area contributed by atoms with E-state index >= 15 is 0 Å². The van der Waals surface area contributed by atoms with Crippen LogP contribution in [0.25, 0.3) is 54.2 Å². The number of anilines is 1. The number of rotatable bonds is 6. The van der Waals surface area contributed by atoms with E-state index in [0.717, 1.165) is 22.7 Å². The first-order chi connectivity index (χ1) is 21.2. The number of aromatic nitrogens is 1. The third kappa shape index (κ3) is 5.64. The number of nitrogens with one attached hydrogen (secondary N) is 1. The van der Waals surface area contributed by atoms with Gasteiger partial charge >= 0.3 is 6.18 Å². The van der Waals surface area contributed by atoms with Gasteiger partial charge in [0.2, 0.25) is 10.0 Å². The summed E-state index contributed by atoms with van der Waals surface area (Å²) < 4.78 is 86.7. The standard InChI is InChI=1S/C32H23F4N3O4S2/c1-37-30(40)28-23-15-22(25(39(2)45(3,41)42)16-26(23)43-29(28)17-7-10-21(33)11-8-17)18-5-4-6-19(13-18)31-38-24-14-20(32(34,35)36)9-12-27(24)44-31/h4-16H,1-3H3,(H,37,40). The van der Waals surface area contributed by atoms with Crippen LogP contribution in [-0.4, -0.2) is 39.7 Å². The molecule has 0 bridgehead atoms. The maximum Gasteiger partial charge on any atom is 0.416 e. The van der Waals surface area contributed by atoms with E-state index in [1.54, 1.807) is 30.3 Å². The van der Waals surface area contributed by atoms with Crippen molar-refractivity contribution in [2.24, 2.45) is 0 Å². The number of hydrogen-bond donors (Lipinski definition) is 1. The second kappa shape index (κ2) is 11.0. The minimum Gasteiger partial charge on any atom is -0.455 e. The Balaban J connectivity index is 1.56. The van der Waals surface area contributed by atoms with Crippen LogP contribution in [0.5, 0.6) is 0 Å². The van der Waals surface area contributed by atoms with Gasteiger partial charge in [-0.1, -0.05) is 18.2 Å². The second-order valence-corrected chi connectivity index (χ2v) is 13.3. The fourth-order valence-electron chi connectivity index (χ4n) is 5.00. The predicted molar refractivity (Wildman–Crippen MR) is 167 cm³/mol. The lowest BCUT2D eigenvalue weighted by Gasteiger charge is -2.21. The number of nitrogens with zero attached hydrogens (tertiary/aromatic N) is 2. The number of carbonyl (C=O) groups excluding carboxylic acids is 1. The molecule has 230 valence electrons. The summed E-state index contributed by atoms with van der Waals surface area (Å²) >= 11 is 1.22. The molecule has 0 aliphatic carbocycles. The van der Waals surface area contributed by atoms with Crippen LogP contribution in [0.3, 0.4) is 0 Å². The van der Waals surface area contributed by atoms with E-state index in [-0.39, 0.29) is 28.1 Å². The Bertz CT molecular complexity index is 2220. The monoisotopic (exact) mass is 653 g/mol. The molecule has 0 saturated heterocycles. The molecule has 0 spiro atoms. The zero-order valence-corrected chi connectivity index (χ0v) is 25.5. The average Bonchev–Trinajstić information content (AvgIpc) is 3.60. The molecule has 0 atom stereocenters. The van der Waals surface area contributed by atoms with Gasteiger partial charge in [0.1, 0.15) is 22.2 Å². The van der Waals surface area contributed by atoms with E-state index in [1.165, 1.54) is 61.8 Å². The minimum absolute atomic E-state index is 0.177. The highest BCUT2D eigenvalue weighted by Gasteiger charge is 2.31. The Kier molecular flexibility index (Phi) is 7.40. The molecular weight excluding hydrogens is 630 g/mol. The summed E-state index contributed by atoms with van der Waals surface area (Å²) in [6.07, 6.45) is -3.45. The highest BCUT2D eigenvalue weighted by Crippen LogP contribution is 2.43. The van der Waals surface area contributed by atoms with Crippen LogP contribution >= 0.6 is 11.3 Å². The van der Waals surface area contributed by atoms with Crippen LogP contribution in [-0.2, 0) is 16.2 Å². The fourth-order valence-corrected chi connectivity index (χ4v) is 6.46. The van der Waals surface area contributed by atoms with Gasteiger partial charge in [-0.2, -0.15) is 13.2 Å². The molecule has 45 heavy (non-hydrogen) atoms. The lowest BCUT2D eigenvalue weighted by Crippen LogP contribution is -2.25. The maximum atomic E-state index is 13.7. The summed E-state index contributed by atoms with van der Waals surface area (Å²) in [5, 5.41) is 3.46. The first-order valence-corrected chi connectivity index (χ1v) is 16.0. The highest BCUT2D eigenvalue weighted by atomic mass is 32.2. The number of sulfonamides is 1. The average molecular weight is 654 g/mol. The number of alkyl halides is 3. The molecule has 1 amide bonds. The van der Waals surface area contributed by atoms with Crippen LogP contribution in [0.1, 0.15) is 15.9 Å². The van der Waals surface area contributed by atoms with E-state index in [1.807, 2.05) is 0 Å². The first kappa shape index (κ1) is 30.3. The topological polar surface area (TPSA) is 92.5 Å². The Morgan fingerprint density at radius 1 is 0.956 bits per heavy atom. The molecule has 0 aliphatic heterocycles. The molecule has 0 saturated carbocycles. The molecule has 6 aromatic rings. The number of benzene rings is 4. The van der Waals surface area contributed by atoms with Gasteiger partial charge in [0.25, 0.3) is 5.91 Å². The smallest absolute Gasteiger partial charge is 0.416 e. The maximum absolute atomic E-state index is 13.7. The summed E-state index contributed by atoms with van der Waals surface area (Å²) in [7, 11) is -0.916. The van der Waals surface area contributed by atoms with E-state index < -0.39 is 33.5 Å². The van der Waals surface area contributed by atoms with Crippen molar-refractivity contribution in [2.75, 3.05) is 24.7 Å². The van der Waals surface area contributed by atoms with Crippen LogP contribution < -0.4 is 9.62 Å². The molecule has 1 N–H and O–H groups in total. The SMILES string of the molecule is CNC(=O)c1c(-c2ccc(F)cc2)oc2cc(N(C)S(C)(=O)=O)c(-c3cccc(-c4nc5cc(C(F)(F)F)ccc5s4)c3)cc12. The number of thiazole rings is 1. The van der Waals surface area contributed by atoms with Crippen LogP contribution in [0, 0.1) is 5.82 Å². The summed E-state index contributed by atoms with van der Waals surface area (Å²) in [6.45, 7) is 0. The minimum atomic E-state index is -4.50. The van der Waals surface area contributed by atoms with Gasteiger partial charge < -0.3 is 9.73 Å². The largest absolute Gasteiger partial charge is 0.455 e. The zero-order valence-electron chi connectivity index (χ0n) is 23.9. The molecule has 13 heteroatoms. The number of amides is 1. The molecule has 6 rings (SSSR count). The molecule has 0 fully saturated rings. The van der Waals surface area contributed by atoms with E-state index in [0.29, 0.717) is 37.3 Å². The lowest BCUT2D eigenvalue weighted by atomic mass is 9.97. The molecule has 7 nitrogen and oxygen atoms in total. The highest BCUT2D eigenvalue weighted by molar-refractivity contribution is 7.92. The molecule has 2 aromatic heterocycles. The van der Waals surface area contributed by atoms with Gasteiger partial charge in [-0.05, 0) is 60.2 Å². The summed E-state index contributed by atoms with van der Waals surface area (Å²) in [6, 6.07) is 19.0. The number of fused-ring (bicyclic) bond motifs is 2. The lowest BCUT2D eigenvalue weighted by molar-refractivity contribution is -0.137. The van der Waals surface area contributed by atoms with Crippen molar-refractivity contribution in [1.29, 1.82) is 0 Å². The molecular formula is C32H23F4N3O4S2. The number of furan rings is 1. The Hall–Kier alpha value is -4.75. The zero-order chi connectivity index (χ0) is 32.3. The summed E-state index contributed by atoms with van der Waals surface area (Å²) in [5.41, 5.74) is 2.10. The quantitative estimate of drug-likeness (QED) is 0.184. The van der Waals surface area contributed by atoms with Gasteiger partial charge in [0.05, 0.1) is 33.3 Å². The van der Waals surface area contributed by atoms with Gasteiger partial charge in [-0.3, -0.25) is 9.10 Å². The van der Waals surface area contributed by atoms with Crippen LogP contribution in [0.4, 0.5) is 23.2 Å². The number of carbonyl (C=O) groups is 1. The Labute approximate surface area is 258 Å². The van der Waals surface area contributed by atoms with Crippen molar-refractivity contribution >= 4 is 54.1 Å². The fraction of sp³-hybridized carbons (Fsp3) is 0.125. The van der Waals surface area contributed by atoms with Crippen molar-refractivity contribution in [1.82, 2.24) is 10.3 Å². The second-order valence-electron chi connectivity index (χ2n) is 10.3. The normalized spacial score (nSPS) is 12.2. The van der Waals surface area contributed by atoms with Crippen molar-refractivity contribution in [3.8, 4) is 33.0 Å². The summed E-state index contributed by atoms with van der Waals surface area (Å²) in [5.74, 6) is -0.759. The molecule has 2 heterocycles. The third-order valence-corrected chi connectivity index (χ3v) is 9.62. The van der Waals surface area contributed by atoms with E-state index in [2.05, 4.69) is 10.3 Å². The Morgan fingerprint density at radius 2 is 1.67 bits per heavy atom. The Morgan fingerprint density at radius 3 is 2.33 bits per heavy atom. The molecule has 0 aliphatic rings. The predicted octanol–water partition coefficient (Wildman–Crippen LogP) is 7.96. The van der Waals surface area contributed by atoms with E-state index in [9.17, 15) is 30.8 Å². The molecule has 4 aromatic carbocycles. The summed E-state index contributed by atoms with van der Waals surface area (Å²) in [4.78, 5) is 17.6. The van der Waals surface area contributed by atoms with Crippen molar-refractivity contribution in [3.63, 3.8) is 0 Å². The van der Waals surface area contributed by atoms with Crippen LogP contribution in [0.15, 0.2) is 83.3 Å². The first-order valence-electron chi connectivity index (χ1n) is 13.4. The number of hydrogen-bond acceptors (Lipinski definition) is 6. The third-order valence-electron chi connectivity index (χ3n) is 7.34.